The van der Waals surface area contributed by atoms with Gasteiger partial charge in [0.15, 0.2) is 0 Å². The van der Waals surface area contributed by atoms with Gasteiger partial charge in [0.2, 0.25) is 0 Å². The molecule has 1 saturated heterocycles. The second-order valence-corrected chi connectivity index (χ2v) is 3.72. The maximum Gasteiger partial charge on any atom is 0.133 e. The lowest BCUT2D eigenvalue weighted by Gasteiger charge is -2.25. The van der Waals surface area contributed by atoms with Crippen molar-refractivity contribution < 1.29 is 0 Å². The molecular weight excluding hydrogens is 200 g/mol. The Bertz CT molecular complexity index is 323. The Labute approximate surface area is 87.8 Å². The molecule has 4 nitrogen and oxygen atoms in total. The highest BCUT2D eigenvalue weighted by Gasteiger charge is 2.17. The summed E-state index contributed by atoms with van der Waals surface area (Å²) in [6, 6.07) is 2.09. The fourth-order valence-corrected chi connectivity index (χ4v) is 1.83. The SMILES string of the molecule is Nc1cnc(Cl)c(C2CNCCN2)c1. The minimum atomic E-state index is 0.215. The summed E-state index contributed by atoms with van der Waals surface area (Å²) in [4.78, 5) is 4.03. The molecule has 2 heterocycles. The first-order valence-electron chi connectivity index (χ1n) is 4.62. The van der Waals surface area contributed by atoms with E-state index in [1.165, 1.54) is 0 Å². The lowest BCUT2D eigenvalue weighted by atomic mass is 10.1. The molecule has 0 spiro atoms. The third kappa shape index (κ3) is 1.97. The Morgan fingerprint density at radius 2 is 2.36 bits per heavy atom. The number of hydrogen-bond acceptors (Lipinski definition) is 4. The van der Waals surface area contributed by atoms with Crippen molar-refractivity contribution in [3.63, 3.8) is 0 Å². The van der Waals surface area contributed by atoms with Crippen molar-refractivity contribution in [2.75, 3.05) is 25.4 Å². The summed E-state index contributed by atoms with van der Waals surface area (Å²) >= 11 is 6.00. The van der Waals surface area contributed by atoms with E-state index in [4.69, 9.17) is 17.3 Å². The van der Waals surface area contributed by atoms with E-state index in [9.17, 15) is 0 Å². The minimum Gasteiger partial charge on any atom is -0.397 e. The van der Waals surface area contributed by atoms with Crippen molar-refractivity contribution in [3.8, 4) is 0 Å². The number of halogens is 1. The normalized spacial score (nSPS) is 22.2. The number of anilines is 1. The Kier molecular flexibility index (Phi) is 2.86. The van der Waals surface area contributed by atoms with Gasteiger partial charge >= 0.3 is 0 Å². The van der Waals surface area contributed by atoms with Crippen LogP contribution in [0.15, 0.2) is 12.3 Å². The second-order valence-electron chi connectivity index (χ2n) is 3.36. The van der Waals surface area contributed by atoms with Crippen LogP contribution in [-0.2, 0) is 0 Å². The maximum absolute atomic E-state index is 6.00. The molecule has 1 aromatic rings. The van der Waals surface area contributed by atoms with Crippen LogP contribution in [0.1, 0.15) is 11.6 Å². The molecule has 4 N–H and O–H groups in total. The molecule has 0 saturated carbocycles. The quantitative estimate of drug-likeness (QED) is 0.595. The number of pyridine rings is 1. The number of nitrogen functional groups attached to an aromatic ring is 1. The van der Waals surface area contributed by atoms with Gasteiger partial charge in [0.05, 0.1) is 11.9 Å². The van der Waals surface area contributed by atoms with Crippen LogP contribution in [0.25, 0.3) is 0 Å². The Hall–Kier alpha value is -0.840. The molecule has 1 aliphatic rings. The average molecular weight is 213 g/mol. The molecule has 1 fully saturated rings. The summed E-state index contributed by atoms with van der Waals surface area (Å²) in [6.45, 7) is 2.80. The highest BCUT2D eigenvalue weighted by Crippen LogP contribution is 2.23. The van der Waals surface area contributed by atoms with Crippen LogP contribution < -0.4 is 16.4 Å². The van der Waals surface area contributed by atoms with Crippen molar-refractivity contribution in [3.05, 3.63) is 23.0 Å². The lowest BCUT2D eigenvalue weighted by molar-refractivity contribution is 0.429. The van der Waals surface area contributed by atoms with E-state index in [-0.39, 0.29) is 6.04 Å². The van der Waals surface area contributed by atoms with Crippen LogP contribution in [0.5, 0.6) is 0 Å². The van der Waals surface area contributed by atoms with Gasteiger partial charge in [-0.25, -0.2) is 4.98 Å². The Morgan fingerprint density at radius 1 is 1.50 bits per heavy atom. The number of aromatic nitrogens is 1. The number of hydrogen-bond donors (Lipinski definition) is 3. The molecule has 0 radical (unpaired) electrons. The number of piperazine rings is 1. The van der Waals surface area contributed by atoms with E-state index in [2.05, 4.69) is 15.6 Å². The van der Waals surface area contributed by atoms with E-state index < -0.39 is 0 Å². The van der Waals surface area contributed by atoms with Crippen LogP contribution >= 0.6 is 11.6 Å². The molecule has 2 rings (SSSR count). The van der Waals surface area contributed by atoms with Crippen LogP contribution in [0.2, 0.25) is 5.15 Å². The first-order chi connectivity index (χ1) is 6.77. The molecule has 1 aromatic heterocycles. The zero-order chi connectivity index (χ0) is 9.97. The molecule has 14 heavy (non-hydrogen) atoms. The van der Waals surface area contributed by atoms with Gasteiger partial charge in [-0.3, -0.25) is 0 Å². The smallest absolute Gasteiger partial charge is 0.133 e. The minimum absolute atomic E-state index is 0.215. The molecule has 0 aromatic carbocycles. The van der Waals surface area contributed by atoms with Gasteiger partial charge in [-0.1, -0.05) is 11.6 Å². The largest absolute Gasteiger partial charge is 0.397 e. The zero-order valence-corrected chi connectivity index (χ0v) is 8.51. The van der Waals surface area contributed by atoms with Crippen LogP contribution in [-0.4, -0.2) is 24.6 Å². The Morgan fingerprint density at radius 3 is 3.07 bits per heavy atom. The van der Waals surface area contributed by atoms with Crippen LogP contribution in [0, 0.1) is 0 Å². The van der Waals surface area contributed by atoms with Crippen LogP contribution in [0.3, 0.4) is 0 Å². The lowest BCUT2D eigenvalue weighted by Crippen LogP contribution is -2.42. The average Bonchev–Trinajstić information content (AvgIpc) is 2.23. The standard InChI is InChI=1S/C9H13ClN4/c10-9-7(3-6(11)4-14-9)8-5-12-1-2-13-8/h3-4,8,12-13H,1-2,5,11H2. The molecule has 76 valence electrons. The van der Waals surface area contributed by atoms with E-state index in [0.717, 1.165) is 25.2 Å². The number of rotatable bonds is 1. The Balaban J connectivity index is 2.24. The topological polar surface area (TPSA) is 63.0 Å². The monoisotopic (exact) mass is 212 g/mol. The summed E-state index contributed by atoms with van der Waals surface area (Å²) in [5, 5.41) is 7.18. The molecule has 5 heteroatoms. The van der Waals surface area contributed by atoms with Crippen molar-refractivity contribution in [1.29, 1.82) is 0 Å². The first kappa shape index (κ1) is 9.71. The predicted molar refractivity (Wildman–Crippen MR) is 57.3 cm³/mol. The number of nitrogens with zero attached hydrogens (tertiary/aromatic N) is 1. The van der Waals surface area contributed by atoms with Crippen molar-refractivity contribution >= 4 is 17.3 Å². The van der Waals surface area contributed by atoms with E-state index >= 15 is 0 Å². The van der Waals surface area contributed by atoms with Crippen molar-refractivity contribution in [2.45, 2.75) is 6.04 Å². The highest BCUT2D eigenvalue weighted by atomic mass is 35.5. The molecule has 1 unspecified atom stereocenters. The predicted octanol–water partition coefficient (Wildman–Crippen LogP) is 0.551. The summed E-state index contributed by atoms with van der Waals surface area (Å²) in [5.74, 6) is 0. The summed E-state index contributed by atoms with van der Waals surface area (Å²) in [7, 11) is 0. The molecule has 1 aliphatic heterocycles. The van der Waals surface area contributed by atoms with Crippen molar-refractivity contribution in [1.82, 2.24) is 15.6 Å². The van der Waals surface area contributed by atoms with E-state index in [1.807, 2.05) is 6.07 Å². The second kappa shape index (κ2) is 4.13. The first-order valence-corrected chi connectivity index (χ1v) is 5.00. The van der Waals surface area contributed by atoms with Crippen molar-refractivity contribution in [2.24, 2.45) is 0 Å². The summed E-state index contributed by atoms with van der Waals surface area (Å²) < 4.78 is 0. The number of nitrogens with one attached hydrogen (secondary N) is 2. The molecule has 0 aliphatic carbocycles. The maximum atomic E-state index is 6.00. The zero-order valence-electron chi connectivity index (χ0n) is 7.76. The van der Waals surface area contributed by atoms with Gasteiger partial charge in [-0.15, -0.1) is 0 Å². The molecule has 1 atom stereocenters. The third-order valence-corrected chi connectivity index (χ3v) is 2.62. The molecular formula is C9H13ClN4. The van der Waals surface area contributed by atoms with Crippen LogP contribution in [0.4, 0.5) is 5.69 Å². The molecule has 0 bridgehead atoms. The van der Waals surface area contributed by atoms with E-state index in [1.54, 1.807) is 6.20 Å². The highest BCUT2D eigenvalue weighted by molar-refractivity contribution is 6.30. The summed E-state index contributed by atoms with van der Waals surface area (Å²) in [5.41, 5.74) is 7.29. The fraction of sp³-hybridized carbons (Fsp3) is 0.444. The number of nitrogens with two attached hydrogens (primary N) is 1. The van der Waals surface area contributed by atoms with Gasteiger partial charge in [0, 0.05) is 31.2 Å². The van der Waals surface area contributed by atoms with Gasteiger partial charge in [-0.2, -0.15) is 0 Å². The van der Waals surface area contributed by atoms with Gasteiger partial charge in [-0.05, 0) is 6.07 Å². The fourth-order valence-electron chi connectivity index (χ4n) is 1.60. The third-order valence-electron chi connectivity index (χ3n) is 2.30. The van der Waals surface area contributed by atoms with E-state index in [0.29, 0.717) is 10.8 Å². The van der Waals surface area contributed by atoms with Gasteiger partial charge in [0.1, 0.15) is 5.15 Å². The molecule has 0 amide bonds. The summed E-state index contributed by atoms with van der Waals surface area (Å²) in [6.07, 6.45) is 1.57. The van der Waals surface area contributed by atoms with Gasteiger partial charge < -0.3 is 16.4 Å². The van der Waals surface area contributed by atoms with Gasteiger partial charge in [0.25, 0.3) is 0 Å².